The molecule has 5 heteroatoms. The minimum Gasteiger partial charge on any atom is -0.501 e. The molecule has 142 valence electrons. The first-order chi connectivity index (χ1) is 12.9. The van der Waals surface area contributed by atoms with Gasteiger partial charge in [-0.1, -0.05) is 12.2 Å². The molecule has 0 spiro atoms. The summed E-state index contributed by atoms with van der Waals surface area (Å²) in [5.41, 5.74) is 2.11. The summed E-state index contributed by atoms with van der Waals surface area (Å²) in [7, 11) is 3.26. The number of ether oxygens (including phenoxy) is 3. The molecule has 5 nitrogen and oxygen atoms in total. The largest absolute Gasteiger partial charge is 0.501 e. The van der Waals surface area contributed by atoms with Crippen LogP contribution >= 0.6 is 0 Å². The summed E-state index contributed by atoms with van der Waals surface area (Å²) >= 11 is 0. The van der Waals surface area contributed by atoms with Crippen LogP contribution in [-0.4, -0.2) is 32.3 Å². The van der Waals surface area contributed by atoms with E-state index >= 15 is 0 Å². The highest BCUT2D eigenvalue weighted by Crippen LogP contribution is 2.31. The van der Waals surface area contributed by atoms with Gasteiger partial charge in [-0.05, 0) is 55.8 Å². The maximum atomic E-state index is 12.6. The summed E-state index contributed by atoms with van der Waals surface area (Å²) in [5.74, 6) is 2.26. The second-order valence-electron chi connectivity index (χ2n) is 7.04. The first-order valence-corrected chi connectivity index (χ1v) is 8.89. The standard InChI is InChI=1S/C22H25NO4/c1-22(2)10-9-16-12-17(6-8-20(16)27-22)21(24)23-14-15-5-7-18(25-3)13-19(11-15)26-4/h5-12H,13-14H2,1-4H3,(H,23,24). The van der Waals surface area contributed by atoms with Gasteiger partial charge in [0.25, 0.3) is 5.91 Å². The number of amides is 1. The van der Waals surface area contributed by atoms with E-state index in [0.717, 1.165) is 28.4 Å². The maximum absolute atomic E-state index is 12.6. The van der Waals surface area contributed by atoms with Crippen LogP contribution in [0.1, 0.15) is 36.2 Å². The van der Waals surface area contributed by atoms with Gasteiger partial charge >= 0.3 is 0 Å². The number of rotatable bonds is 5. The molecule has 2 aliphatic rings. The number of hydrogen-bond acceptors (Lipinski definition) is 4. The Balaban J connectivity index is 1.69. The van der Waals surface area contributed by atoms with Crippen LogP contribution in [0.3, 0.4) is 0 Å². The van der Waals surface area contributed by atoms with Gasteiger partial charge in [-0.2, -0.15) is 0 Å². The quantitative estimate of drug-likeness (QED) is 0.855. The number of allylic oxidation sites excluding steroid dienone is 2. The first kappa shape index (κ1) is 18.8. The zero-order valence-electron chi connectivity index (χ0n) is 16.2. The first-order valence-electron chi connectivity index (χ1n) is 8.89. The highest BCUT2D eigenvalue weighted by molar-refractivity contribution is 5.95. The second kappa shape index (κ2) is 7.74. The molecular formula is C22H25NO4. The van der Waals surface area contributed by atoms with Crippen molar-refractivity contribution < 1.29 is 19.0 Å². The molecule has 1 aromatic carbocycles. The Morgan fingerprint density at radius 3 is 2.70 bits per heavy atom. The zero-order chi connectivity index (χ0) is 19.4. The molecule has 0 saturated heterocycles. The van der Waals surface area contributed by atoms with Gasteiger partial charge in [0.05, 0.1) is 20.6 Å². The molecule has 27 heavy (non-hydrogen) atoms. The molecule has 0 fully saturated rings. The minimum absolute atomic E-state index is 0.135. The van der Waals surface area contributed by atoms with Crippen molar-refractivity contribution in [1.29, 1.82) is 0 Å². The third-order valence-electron chi connectivity index (χ3n) is 4.46. The van der Waals surface area contributed by atoms with Gasteiger partial charge in [-0.25, -0.2) is 0 Å². The fourth-order valence-electron chi connectivity index (χ4n) is 2.92. The van der Waals surface area contributed by atoms with E-state index in [-0.39, 0.29) is 11.5 Å². The molecule has 0 bridgehead atoms. The molecule has 1 aromatic rings. The Labute approximate surface area is 160 Å². The van der Waals surface area contributed by atoms with E-state index in [4.69, 9.17) is 14.2 Å². The molecule has 0 unspecified atom stereocenters. The topological polar surface area (TPSA) is 56.8 Å². The van der Waals surface area contributed by atoms with E-state index in [1.54, 1.807) is 20.3 Å². The van der Waals surface area contributed by atoms with Crippen molar-refractivity contribution in [2.75, 3.05) is 20.8 Å². The smallest absolute Gasteiger partial charge is 0.251 e. The highest BCUT2D eigenvalue weighted by atomic mass is 16.5. The molecule has 1 heterocycles. The molecule has 1 N–H and O–H groups in total. The van der Waals surface area contributed by atoms with Gasteiger partial charge < -0.3 is 19.5 Å². The lowest BCUT2D eigenvalue weighted by atomic mass is 10.0. The van der Waals surface area contributed by atoms with Crippen LogP contribution in [0.5, 0.6) is 5.75 Å². The number of methoxy groups -OCH3 is 2. The lowest BCUT2D eigenvalue weighted by molar-refractivity contribution is 0.0957. The van der Waals surface area contributed by atoms with E-state index in [0.29, 0.717) is 18.5 Å². The van der Waals surface area contributed by atoms with Gasteiger partial charge in [0.2, 0.25) is 0 Å². The van der Waals surface area contributed by atoms with Crippen molar-refractivity contribution in [1.82, 2.24) is 5.32 Å². The molecule has 0 aromatic heterocycles. The van der Waals surface area contributed by atoms with Crippen LogP contribution in [-0.2, 0) is 9.47 Å². The van der Waals surface area contributed by atoms with Crippen molar-refractivity contribution >= 4 is 12.0 Å². The zero-order valence-corrected chi connectivity index (χ0v) is 16.2. The summed E-state index contributed by atoms with van der Waals surface area (Å²) in [6, 6.07) is 5.47. The summed E-state index contributed by atoms with van der Waals surface area (Å²) in [4.78, 5) is 12.6. The van der Waals surface area contributed by atoms with Crippen LogP contribution in [0.15, 0.2) is 59.6 Å². The van der Waals surface area contributed by atoms with E-state index in [1.165, 1.54) is 0 Å². The van der Waals surface area contributed by atoms with Gasteiger partial charge in [0.1, 0.15) is 22.9 Å². The number of benzene rings is 1. The monoisotopic (exact) mass is 367 g/mol. The van der Waals surface area contributed by atoms with Gasteiger partial charge in [0, 0.05) is 17.7 Å². The van der Waals surface area contributed by atoms with Crippen molar-refractivity contribution in [3.8, 4) is 5.75 Å². The van der Waals surface area contributed by atoms with Crippen LogP contribution in [0.25, 0.3) is 6.08 Å². The number of nitrogens with one attached hydrogen (secondary N) is 1. The predicted molar refractivity (Wildman–Crippen MR) is 105 cm³/mol. The van der Waals surface area contributed by atoms with E-state index in [1.807, 2.05) is 56.4 Å². The number of carbonyl (C=O) groups is 1. The Bertz CT molecular complexity index is 859. The highest BCUT2D eigenvalue weighted by Gasteiger charge is 2.22. The Kier molecular flexibility index (Phi) is 5.40. The van der Waals surface area contributed by atoms with Gasteiger partial charge in [0.15, 0.2) is 0 Å². The van der Waals surface area contributed by atoms with Gasteiger partial charge in [-0.15, -0.1) is 0 Å². The third kappa shape index (κ3) is 4.61. The van der Waals surface area contributed by atoms with E-state index < -0.39 is 0 Å². The molecule has 0 saturated carbocycles. The van der Waals surface area contributed by atoms with Crippen LogP contribution < -0.4 is 10.1 Å². The second-order valence-corrected chi connectivity index (χ2v) is 7.04. The summed E-state index contributed by atoms with van der Waals surface area (Å²) < 4.78 is 16.6. The lowest BCUT2D eigenvalue weighted by Gasteiger charge is -2.27. The number of carbonyl (C=O) groups excluding carboxylic acids is 1. The maximum Gasteiger partial charge on any atom is 0.251 e. The Morgan fingerprint density at radius 2 is 1.96 bits per heavy atom. The average molecular weight is 367 g/mol. The molecule has 1 amide bonds. The normalized spacial score (nSPS) is 17.4. The van der Waals surface area contributed by atoms with Crippen molar-refractivity contribution in [3.63, 3.8) is 0 Å². The van der Waals surface area contributed by atoms with Crippen molar-refractivity contribution in [3.05, 3.63) is 70.7 Å². The van der Waals surface area contributed by atoms with E-state index in [2.05, 4.69) is 5.32 Å². The third-order valence-corrected chi connectivity index (χ3v) is 4.46. The predicted octanol–water partition coefficient (Wildman–Crippen LogP) is 3.99. The van der Waals surface area contributed by atoms with Crippen molar-refractivity contribution in [2.45, 2.75) is 25.9 Å². The summed E-state index contributed by atoms with van der Waals surface area (Å²) in [5, 5.41) is 2.95. The van der Waals surface area contributed by atoms with E-state index in [9.17, 15) is 4.79 Å². The lowest BCUT2D eigenvalue weighted by Crippen LogP contribution is -2.28. The number of hydrogen-bond donors (Lipinski definition) is 1. The van der Waals surface area contributed by atoms with Crippen LogP contribution in [0.4, 0.5) is 0 Å². The average Bonchev–Trinajstić information content (AvgIpc) is 2.87. The fourth-order valence-corrected chi connectivity index (χ4v) is 2.92. The minimum atomic E-state index is -0.331. The SMILES string of the molecule is COC1=CC=C(CNC(=O)c2ccc3c(c2)C=CC(C)(C)O3)C=C(OC)C1. The number of fused-ring (bicyclic) bond motifs is 1. The van der Waals surface area contributed by atoms with Crippen LogP contribution in [0, 0.1) is 0 Å². The molecule has 1 aliphatic carbocycles. The molecule has 0 radical (unpaired) electrons. The molecule has 1 aliphatic heterocycles. The molecule has 0 atom stereocenters. The summed E-state index contributed by atoms with van der Waals surface area (Å²) in [6.07, 6.45) is 10.3. The van der Waals surface area contributed by atoms with Crippen LogP contribution in [0.2, 0.25) is 0 Å². The van der Waals surface area contributed by atoms with Gasteiger partial charge in [-0.3, -0.25) is 4.79 Å². The van der Waals surface area contributed by atoms with Crippen molar-refractivity contribution in [2.24, 2.45) is 0 Å². The molecular weight excluding hydrogens is 342 g/mol. The Hall–Kier alpha value is -2.95. The Morgan fingerprint density at radius 1 is 1.19 bits per heavy atom. The summed E-state index contributed by atoms with van der Waals surface area (Å²) in [6.45, 7) is 4.40. The molecule has 3 rings (SSSR count). The fraction of sp³-hybridized carbons (Fsp3) is 0.318.